The summed E-state index contributed by atoms with van der Waals surface area (Å²) < 4.78 is 5.33. The fraction of sp³-hybridized carbons (Fsp3) is 0.846. The molecule has 18 heavy (non-hydrogen) atoms. The lowest BCUT2D eigenvalue weighted by atomic mass is 9.82. The standard InChI is InChI=1S/C13H22N2O2S/c1-2-17-9-5-8-15-11-7-4-3-6-10(11)12(18)14-13(15)16/h10-11H,2-9H2,1H3,(H,14,16,18). The van der Waals surface area contributed by atoms with Crippen LogP contribution in [-0.2, 0) is 4.74 Å². The van der Waals surface area contributed by atoms with Gasteiger partial charge in [0.25, 0.3) is 0 Å². The molecule has 0 radical (unpaired) electrons. The zero-order valence-electron chi connectivity index (χ0n) is 11.0. The van der Waals surface area contributed by atoms with Crippen LogP contribution in [0.5, 0.6) is 0 Å². The Kier molecular flexibility index (Phi) is 4.95. The lowest BCUT2D eigenvalue weighted by Crippen LogP contribution is -2.60. The van der Waals surface area contributed by atoms with Gasteiger partial charge >= 0.3 is 6.03 Å². The monoisotopic (exact) mass is 270 g/mol. The van der Waals surface area contributed by atoms with Crippen LogP contribution in [0.3, 0.4) is 0 Å². The van der Waals surface area contributed by atoms with E-state index in [4.69, 9.17) is 17.0 Å². The van der Waals surface area contributed by atoms with Crippen molar-refractivity contribution in [1.29, 1.82) is 0 Å². The molecule has 0 aromatic rings. The van der Waals surface area contributed by atoms with Gasteiger partial charge in [-0.25, -0.2) is 4.79 Å². The van der Waals surface area contributed by atoms with E-state index in [1.54, 1.807) is 0 Å². The molecule has 1 N–H and O–H groups in total. The summed E-state index contributed by atoms with van der Waals surface area (Å²) >= 11 is 5.30. The van der Waals surface area contributed by atoms with Crippen LogP contribution in [0, 0.1) is 5.92 Å². The normalized spacial score (nSPS) is 27.9. The first-order valence-electron chi connectivity index (χ1n) is 6.93. The van der Waals surface area contributed by atoms with Crippen molar-refractivity contribution in [2.24, 2.45) is 5.92 Å². The summed E-state index contributed by atoms with van der Waals surface area (Å²) in [5.74, 6) is 0.374. The lowest BCUT2D eigenvalue weighted by Gasteiger charge is -2.44. The van der Waals surface area contributed by atoms with E-state index in [1.807, 2.05) is 11.8 Å². The van der Waals surface area contributed by atoms with E-state index in [0.29, 0.717) is 12.0 Å². The topological polar surface area (TPSA) is 41.6 Å². The van der Waals surface area contributed by atoms with Crippen LogP contribution in [0.2, 0.25) is 0 Å². The summed E-state index contributed by atoms with van der Waals surface area (Å²) in [6.45, 7) is 4.23. The van der Waals surface area contributed by atoms with Crippen LogP contribution in [0.1, 0.15) is 39.0 Å². The second-order valence-electron chi connectivity index (χ2n) is 5.00. The van der Waals surface area contributed by atoms with Gasteiger partial charge in [0.1, 0.15) is 0 Å². The predicted molar refractivity (Wildman–Crippen MR) is 74.7 cm³/mol. The first-order valence-corrected chi connectivity index (χ1v) is 7.34. The Morgan fingerprint density at radius 1 is 1.44 bits per heavy atom. The van der Waals surface area contributed by atoms with Crippen molar-refractivity contribution in [2.45, 2.75) is 45.1 Å². The highest BCUT2D eigenvalue weighted by Gasteiger charge is 2.39. The maximum atomic E-state index is 12.0. The van der Waals surface area contributed by atoms with Gasteiger partial charge in [-0.15, -0.1) is 0 Å². The van der Waals surface area contributed by atoms with Crippen LogP contribution in [0.4, 0.5) is 4.79 Å². The number of thiocarbonyl (C=S) groups is 1. The third kappa shape index (κ3) is 3.01. The van der Waals surface area contributed by atoms with Crippen molar-refractivity contribution in [1.82, 2.24) is 10.2 Å². The lowest BCUT2D eigenvalue weighted by molar-refractivity contribution is 0.106. The van der Waals surface area contributed by atoms with E-state index in [9.17, 15) is 4.79 Å². The maximum absolute atomic E-state index is 12.0. The SMILES string of the molecule is CCOCCCN1C(=O)NC(=S)C2CCCCC21. The van der Waals surface area contributed by atoms with Crippen LogP contribution in [-0.4, -0.2) is 41.7 Å². The summed E-state index contributed by atoms with van der Waals surface area (Å²) in [6, 6.07) is 0.307. The Morgan fingerprint density at radius 3 is 3.00 bits per heavy atom. The third-order valence-electron chi connectivity index (χ3n) is 3.85. The summed E-state index contributed by atoms with van der Waals surface area (Å²) in [5, 5.41) is 2.85. The largest absolute Gasteiger partial charge is 0.382 e. The Balaban J connectivity index is 1.93. The van der Waals surface area contributed by atoms with Gasteiger partial charge in [0.05, 0.1) is 4.99 Å². The van der Waals surface area contributed by atoms with Gasteiger partial charge < -0.3 is 15.0 Å². The molecule has 2 unspecified atom stereocenters. The number of nitrogens with zero attached hydrogens (tertiary/aromatic N) is 1. The van der Waals surface area contributed by atoms with Crippen LogP contribution >= 0.6 is 12.2 Å². The van der Waals surface area contributed by atoms with E-state index < -0.39 is 0 Å². The predicted octanol–water partition coefficient (Wildman–Crippen LogP) is 2.32. The van der Waals surface area contributed by atoms with Crippen molar-refractivity contribution in [3.05, 3.63) is 0 Å². The molecule has 5 heteroatoms. The molecule has 2 fully saturated rings. The van der Waals surface area contributed by atoms with Crippen LogP contribution in [0.15, 0.2) is 0 Å². The van der Waals surface area contributed by atoms with Crippen molar-refractivity contribution < 1.29 is 9.53 Å². The number of fused-ring (bicyclic) bond motifs is 1. The molecular formula is C13H22N2O2S. The molecule has 0 aromatic heterocycles. The summed E-state index contributed by atoms with van der Waals surface area (Å²) in [6.07, 6.45) is 5.54. The van der Waals surface area contributed by atoms with Gasteiger partial charge in [-0.05, 0) is 26.2 Å². The minimum atomic E-state index is -0.0142. The first kappa shape index (κ1) is 13.7. The fourth-order valence-corrected chi connectivity index (χ4v) is 3.32. The number of carbonyl (C=O) groups excluding carboxylic acids is 1. The molecule has 1 aliphatic heterocycles. The summed E-state index contributed by atoms with van der Waals surface area (Å²) in [7, 11) is 0. The van der Waals surface area contributed by atoms with Gasteiger partial charge in [-0.2, -0.15) is 0 Å². The second-order valence-corrected chi connectivity index (χ2v) is 5.44. The number of nitrogens with one attached hydrogen (secondary N) is 1. The highest BCUT2D eigenvalue weighted by molar-refractivity contribution is 7.80. The van der Waals surface area contributed by atoms with Gasteiger partial charge in [0.2, 0.25) is 0 Å². The molecule has 102 valence electrons. The number of rotatable bonds is 5. The molecule has 1 saturated heterocycles. The van der Waals surface area contributed by atoms with Gasteiger partial charge in [0.15, 0.2) is 0 Å². The third-order valence-corrected chi connectivity index (χ3v) is 4.25. The van der Waals surface area contributed by atoms with E-state index in [1.165, 1.54) is 12.8 Å². The smallest absolute Gasteiger partial charge is 0.322 e. The Hall–Kier alpha value is -0.680. The number of carbonyl (C=O) groups is 1. The number of urea groups is 1. The molecule has 1 saturated carbocycles. The number of ether oxygens (including phenoxy) is 1. The molecule has 4 nitrogen and oxygen atoms in total. The molecule has 2 aliphatic rings. The quantitative estimate of drug-likeness (QED) is 0.616. The molecule has 2 atom stereocenters. The van der Waals surface area contributed by atoms with Gasteiger partial charge in [-0.3, -0.25) is 0 Å². The number of hydrogen-bond acceptors (Lipinski definition) is 3. The Morgan fingerprint density at radius 2 is 2.22 bits per heavy atom. The zero-order valence-corrected chi connectivity index (χ0v) is 11.8. The van der Waals surface area contributed by atoms with Crippen molar-refractivity contribution in [3.8, 4) is 0 Å². The molecule has 1 aliphatic carbocycles. The molecule has 0 aromatic carbocycles. The molecular weight excluding hydrogens is 248 g/mol. The Bertz CT molecular complexity index is 322. The maximum Gasteiger partial charge on any atom is 0.322 e. The van der Waals surface area contributed by atoms with E-state index in [2.05, 4.69) is 5.32 Å². The molecule has 0 bridgehead atoms. The minimum Gasteiger partial charge on any atom is -0.382 e. The number of amides is 2. The van der Waals surface area contributed by atoms with Gasteiger partial charge in [0, 0.05) is 31.7 Å². The minimum absolute atomic E-state index is 0.0142. The molecule has 1 heterocycles. The summed E-state index contributed by atoms with van der Waals surface area (Å²) in [5.41, 5.74) is 0. The van der Waals surface area contributed by atoms with Crippen molar-refractivity contribution in [2.75, 3.05) is 19.8 Å². The average molecular weight is 270 g/mol. The first-order chi connectivity index (χ1) is 8.74. The molecule has 2 rings (SSSR count). The molecule has 0 spiro atoms. The fourth-order valence-electron chi connectivity index (χ4n) is 2.96. The second kappa shape index (κ2) is 6.48. The van der Waals surface area contributed by atoms with Crippen LogP contribution in [0.25, 0.3) is 0 Å². The highest BCUT2D eigenvalue weighted by Crippen LogP contribution is 2.31. The van der Waals surface area contributed by atoms with Crippen LogP contribution < -0.4 is 5.32 Å². The Labute approximate surface area is 114 Å². The summed E-state index contributed by atoms with van der Waals surface area (Å²) in [4.78, 5) is 14.7. The van der Waals surface area contributed by atoms with Crippen molar-refractivity contribution in [3.63, 3.8) is 0 Å². The molecule has 2 amide bonds. The number of hydrogen-bond donors (Lipinski definition) is 1. The van der Waals surface area contributed by atoms with Crippen molar-refractivity contribution >= 4 is 23.2 Å². The van der Waals surface area contributed by atoms with E-state index >= 15 is 0 Å². The zero-order chi connectivity index (χ0) is 13.0. The van der Waals surface area contributed by atoms with Gasteiger partial charge in [-0.1, -0.05) is 25.1 Å². The highest BCUT2D eigenvalue weighted by atomic mass is 32.1. The average Bonchev–Trinajstić information content (AvgIpc) is 2.38. The van der Waals surface area contributed by atoms with E-state index in [0.717, 1.165) is 44.0 Å². The van der Waals surface area contributed by atoms with E-state index in [-0.39, 0.29) is 6.03 Å².